The third kappa shape index (κ3) is 23.5. The number of aliphatic hydroxyl groups excluding tert-OH is 2. The Morgan fingerprint density at radius 3 is 0.897 bits per heavy atom. The second-order valence-corrected chi connectivity index (χ2v) is 38.2. The molecule has 2 heterocycles. The van der Waals surface area contributed by atoms with Gasteiger partial charge in [-0.1, -0.05) is 176 Å². The summed E-state index contributed by atoms with van der Waals surface area (Å²) in [5, 5.41) is 41.3. The number of aliphatic hydroxyl groups is 2. The fraction of sp³-hybridized carbons (Fsp3) is 0.882. The molecule has 37 unspecified atom stereocenters. The molecule has 0 spiro atoms. The Morgan fingerprint density at radius 1 is 0.341 bits per heavy atom. The average Bonchev–Trinajstić information content (AvgIpc) is 1.53. The van der Waals surface area contributed by atoms with Crippen molar-refractivity contribution in [2.24, 2.45) is 213 Å². The van der Waals surface area contributed by atoms with E-state index in [2.05, 4.69) is 0 Å². The van der Waals surface area contributed by atoms with Gasteiger partial charge in [-0.15, -0.1) is 0 Å². The first kappa shape index (κ1) is 133. The van der Waals surface area contributed by atoms with E-state index in [1.807, 2.05) is 55.4 Å². The summed E-state index contributed by atoms with van der Waals surface area (Å²) in [6, 6.07) is 0. The third-order valence-electron chi connectivity index (χ3n) is 30.9. The Kier molecular flexibility index (Phi) is 53.4. The molecule has 746 valence electrons. The minimum atomic E-state index is -0.871. The lowest BCUT2D eigenvalue weighted by Crippen LogP contribution is -2.51. The smallest absolute Gasteiger partial charge is 0.317 e. The van der Waals surface area contributed by atoms with Crippen LogP contribution >= 0.6 is 0 Å². The summed E-state index contributed by atoms with van der Waals surface area (Å²) in [5.74, 6) is -19.0. The molecule has 0 radical (unpaired) electrons. The summed E-state index contributed by atoms with van der Waals surface area (Å²) in [6.07, 6.45) is 7.08. The number of rotatable bonds is 26. The molecule has 2 saturated heterocycles. The van der Waals surface area contributed by atoms with Crippen molar-refractivity contribution in [3.8, 4) is 0 Å². The highest BCUT2D eigenvalue weighted by Gasteiger charge is 2.74. The van der Waals surface area contributed by atoms with E-state index in [1.54, 1.807) is 20.8 Å². The van der Waals surface area contributed by atoms with Crippen LogP contribution in [0.4, 0.5) is 0 Å². The number of carbonyl (C=O) groups is 12. The molecular formula is C102H194O24. The number of carboxylic acids is 2. The molecule has 0 aromatic rings. The first-order valence-corrected chi connectivity index (χ1v) is 40.4. The van der Waals surface area contributed by atoms with Gasteiger partial charge in [-0.2, -0.15) is 0 Å². The number of ether oxygens (including phenoxy) is 8. The molecule has 24 nitrogen and oxygen atoms in total. The highest BCUT2D eigenvalue weighted by Crippen LogP contribution is 2.76. The van der Waals surface area contributed by atoms with Crippen molar-refractivity contribution in [3.63, 3.8) is 0 Å². The van der Waals surface area contributed by atoms with E-state index in [0.717, 1.165) is 0 Å². The molecule has 0 aromatic carbocycles. The van der Waals surface area contributed by atoms with E-state index in [-0.39, 0.29) is 330 Å². The number of cyclic esters (lactones) is 4. The molecule has 12 bridgehead atoms. The van der Waals surface area contributed by atoms with Crippen molar-refractivity contribution >= 4 is 71.6 Å². The molecule has 37 atom stereocenters. The average molecular weight is 1800 g/mol. The fourth-order valence-corrected chi connectivity index (χ4v) is 28.0. The molecule has 14 rings (SSSR count). The normalized spacial score (nSPS) is 37.7. The second-order valence-electron chi connectivity index (χ2n) is 38.2. The van der Waals surface area contributed by atoms with Crippen molar-refractivity contribution in [2.75, 3.05) is 33.0 Å². The van der Waals surface area contributed by atoms with Gasteiger partial charge in [0, 0.05) is 6.42 Å². The van der Waals surface area contributed by atoms with Crippen molar-refractivity contribution in [3.05, 3.63) is 0 Å². The maximum atomic E-state index is 14.5. The van der Waals surface area contributed by atoms with Crippen LogP contribution in [-0.2, 0) is 95.4 Å². The molecule has 12 saturated carbocycles. The number of carbonyl (C=O) groups excluding carboxylic acids is 10. The zero-order valence-corrected chi connectivity index (χ0v) is 63.5. The first-order valence-electron chi connectivity index (χ1n) is 40.4. The van der Waals surface area contributed by atoms with E-state index < -0.39 is 160 Å². The number of carboxylic acid groups (broad SMARTS) is 2. The quantitative estimate of drug-likeness (QED) is 0.0355. The van der Waals surface area contributed by atoms with Crippen LogP contribution in [0, 0.1) is 213 Å². The van der Waals surface area contributed by atoms with Gasteiger partial charge in [-0.05, 0) is 280 Å². The Hall–Kier alpha value is -6.04. The van der Waals surface area contributed by atoms with Crippen LogP contribution in [0.2, 0.25) is 0 Å². The van der Waals surface area contributed by atoms with E-state index in [4.69, 9.17) is 37.9 Å². The summed E-state index contributed by atoms with van der Waals surface area (Å²) in [6.45, 7) is 18.6. The van der Waals surface area contributed by atoms with Crippen molar-refractivity contribution in [2.45, 2.75) is 338 Å². The molecule has 0 amide bonds. The van der Waals surface area contributed by atoms with Crippen molar-refractivity contribution in [1.82, 2.24) is 0 Å². The van der Waals surface area contributed by atoms with Gasteiger partial charge in [-0.3, -0.25) is 57.5 Å². The van der Waals surface area contributed by atoms with Crippen LogP contribution < -0.4 is 0 Å². The lowest BCUT2D eigenvalue weighted by Gasteiger charge is -2.51. The lowest BCUT2D eigenvalue weighted by molar-refractivity contribution is -0.167. The maximum absolute atomic E-state index is 14.5. The maximum Gasteiger partial charge on any atom is 0.317 e. The second kappa shape index (κ2) is 50.5. The minimum Gasteiger partial charge on any atom is -0.481 e. The topological polar surface area (TPSA) is 360 Å². The highest BCUT2D eigenvalue weighted by atomic mass is 16.6. The summed E-state index contributed by atoms with van der Waals surface area (Å²) < 4.78 is 46.4. The molecule has 14 aliphatic rings. The van der Waals surface area contributed by atoms with Crippen LogP contribution in [0.5, 0.6) is 0 Å². The molecule has 14 fully saturated rings. The summed E-state index contributed by atoms with van der Waals surface area (Å²) in [7, 11) is 0. The standard InChI is InChI=1S/C82H114O24.20CH4/c1-32(18-43-37-20-45(51(22-37)69(85)86)63(43)59-39-24-47(53(28-39)75(93)100-16-13-83)67(59)61-41-26-49(55(30-41)77(95)105-81(6,7)8)65(61)57-35(4)73(91)103-79(57)97)71(89)99-15-12-34(3)102-72(90)33(2)19-44-38-21-46(52(23-38)70(87)88)64(44)60-40-25-48(54(29-40)76(94)101-17-14-84)68(60)62-42-27-50(56(31-42)78(96)106-82(9,10)11)66(62)58-36(5)74(92)104-80(58)98;;;;;;;;;;;;;;;;;;;;/h32-68,83-84H,12-31H2,1-11H3,(H,85,86)(H,87,88);20*1H4. The van der Waals surface area contributed by atoms with Crippen LogP contribution in [0.1, 0.15) is 321 Å². The molecular weight excluding hydrogens is 1610 g/mol. The zero-order chi connectivity index (χ0) is 76.1. The SMILES string of the molecule is C.C.C.C.C.C.C.C.C.C.C.C.C.C.C.C.C.C.C.C.CC(CCOC(=O)C(C)CC1C2CC(C(=O)O)C(C2)C1C1C2CC(C(=O)OCCO)C(C2)C1C1C2CC(C(=O)OC(C)(C)C)C(C2)C1C1C(=O)OC(=O)C1C)OC(=O)C(C)CC1C2CC(C(=O)O)C(C2)C1C1C2CC(C(=O)OCCO)C(C2)C1C1C2CC(C(=O)OC(C)(C)C)C(C2)C1C1C(=O)OC(=O)C1C. The van der Waals surface area contributed by atoms with Gasteiger partial charge in [-0.25, -0.2) is 0 Å². The zero-order valence-electron chi connectivity index (χ0n) is 63.5. The van der Waals surface area contributed by atoms with E-state index in [0.29, 0.717) is 89.9 Å². The number of hydrogen-bond acceptors (Lipinski definition) is 22. The minimum absolute atomic E-state index is 0. The van der Waals surface area contributed by atoms with Gasteiger partial charge in [0.1, 0.15) is 30.5 Å². The van der Waals surface area contributed by atoms with E-state index in [9.17, 15) is 78.0 Å². The Bertz CT molecular complexity index is 3500. The number of fused-ring (bicyclic) bond motifs is 12. The monoisotopic (exact) mass is 1800 g/mol. The first-order chi connectivity index (χ1) is 50.1. The van der Waals surface area contributed by atoms with Crippen LogP contribution in [0.25, 0.3) is 0 Å². The predicted octanol–water partition coefficient (Wildman–Crippen LogP) is 21.6. The van der Waals surface area contributed by atoms with E-state index in [1.165, 1.54) is 0 Å². The summed E-state index contributed by atoms with van der Waals surface area (Å²) in [4.78, 5) is 167. The van der Waals surface area contributed by atoms with Crippen LogP contribution in [-0.4, -0.2) is 142 Å². The molecule has 12 aliphatic carbocycles. The Balaban J connectivity index is -0.00000142. The molecule has 0 aromatic heterocycles. The lowest BCUT2D eigenvalue weighted by atomic mass is 9.52. The van der Waals surface area contributed by atoms with Gasteiger partial charge in [0.05, 0.1) is 90.8 Å². The van der Waals surface area contributed by atoms with Crippen molar-refractivity contribution < 1.29 is 116 Å². The molecule has 126 heavy (non-hydrogen) atoms. The number of aliphatic carboxylic acids is 2. The number of hydrogen-bond donors (Lipinski definition) is 4. The number of esters is 10. The van der Waals surface area contributed by atoms with Gasteiger partial charge in [0.15, 0.2) is 0 Å². The van der Waals surface area contributed by atoms with Gasteiger partial charge < -0.3 is 58.3 Å². The van der Waals surface area contributed by atoms with Gasteiger partial charge in [0.2, 0.25) is 0 Å². The molecule has 24 heteroatoms. The van der Waals surface area contributed by atoms with Crippen LogP contribution in [0.15, 0.2) is 0 Å². The van der Waals surface area contributed by atoms with Crippen molar-refractivity contribution in [1.29, 1.82) is 0 Å². The highest BCUT2D eigenvalue weighted by molar-refractivity contribution is 5.97. The summed E-state index contributed by atoms with van der Waals surface area (Å²) >= 11 is 0. The Labute approximate surface area is 768 Å². The summed E-state index contributed by atoms with van der Waals surface area (Å²) in [5.41, 5.74) is -1.55. The molecule has 2 aliphatic heterocycles. The molecule has 4 N–H and O–H groups in total. The Morgan fingerprint density at radius 2 is 0.611 bits per heavy atom. The van der Waals surface area contributed by atoms with Crippen LogP contribution in [0.3, 0.4) is 0 Å². The van der Waals surface area contributed by atoms with Gasteiger partial charge in [0.25, 0.3) is 0 Å². The predicted molar refractivity (Wildman–Crippen MR) is 504 cm³/mol. The van der Waals surface area contributed by atoms with E-state index >= 15 is 0 Å². The largest absolute Gasteiger partial charge is 0.481 e. The third-order valence-corrected chi connectivity index (χ3v) is 30.9. The fourth-order valence-electron chi connectivity index (χ4n) is 28.0. The van der Waals surface area contributed by atoms with Gasteiger partial charge >= 0.3 is 71.6 Å².